The third-order valence-corrected chi connectivity index (χ3v) is 7.18. The second-order valence-corrected chi connectivity index (χ2v) is 9.17. The Morgan fingerprint density at radius 3 is 2.07 bits per heavy atom. The fraction of sp³-hybridized carbons (Fsp3) is 0.692. The largest absolute Gasteiger partial charge is 0.494 e. The number of halogens is 1. The lowest BCUT2D eigenvalue weighted by Crippen LogP contribution is -2.17. The van der Waals surface area contributed by atoms with E-state index < -0.39 is 0 Å². The summed E-state index contributed by atoms with van der Waals surface area (Å²) >= 11 is 0. The Hall–Kier alpha value is -1.31. The van der Waals surface area contributed by atoms with Gasteiger partial charge in [-0.25, -0.2) is 4.39 Å². The van der Waals surface area contributed by atoms with Gasteiger partial charge in [-0.1, -0.05) is 44.4 Å². The van der Waals surface area contributed by atoms with Crippen LogP contribution in [0.2, 0.25) is 0 Å². The Morgan fingerprint density at radius 2 is 1.50 bits per heavy atom. The standard InChI is InChI=1S/C26H39FO/c1-2-3-20-28-26-16-14-25(15-17-26)24-12-10-22(11-13-24)5-4-21-6-8-23(9-7-21)18-19-27/h14-19,21-24H,2-13,20H2,1H3. The molecule has 0 N–H and O–H groups in total. The first kappa shape index (κ1) is 21.4. The minimum Gasteiger partial charge on any atom is -0.494 e. The van der Waals surface area contributed by atoms with Crippen LogP contribution in [-0.4, -0.2) is 6.61 Å². The van der Waals surface area contributed by atoms with Crippen molar-refractivity contribution in [3.63, 3.8) is 0 Å². The molecule has 2 fully saturated rings. The van der Waals surface area contributed by atoms with Gasteiger partial charge in [0.05, 0.1) is 12.9 Å². The molecule has 0 spiro atoms. The van der Waals surface area contributed by atoms with Crippen LogP contribution in [0.4, 0.5) is 4.39 Å². The zero-order valence-electron chi connectivity index (χ0n) is 17.8. The average molecular weight is 387 g/mol. The first-order valence-electron chi connectivity index (χ1n) is 11.8. The van der Waals surface area contributed by atoms with Gasteiger partial charge in [0, 0.05) is 0 Å². The summed E-state index contributed by atoms with van der Waals surface area (Å²) in [5.74, 6) is 4.07. The summed E-state index contributed by atoms with van der Waals surface area (Å²) in [7, 11) is 0. The highest BCUT2D eigenvalue weighted by molar-refractivity contribution is 5.29. The van der Waals surface area contributed by atoms with Crippen LogP contribution >= 0.6 is 0 Å². The smallest absolute Gasteiger partial charge is 0.119 e. The molecule has 1 aromatic rings. The van der Waals surface area contributed by atoms with Crippen molar-refractivity contribution >= 4 is 0 Å². The van der Waals surface area contributed by atoms with Crippen LogP contribution in [-0.2, 0) is 0 Å². The Morgan fingerprint density at radius 1 is 0.893 bits per heavy atom. The van der Waals surface area contributed by atoms with Crippen molar-refractivity contribution in [2.24, 2.45) is 17.8 Å². The van der Waals surface area contributed by atoms with Gasteiger partial charge in [-0.2, -0.15) is 0 Å². The number of hydrogen-bond acceptors (Lipinski definition) is 1. The molecule has 0 unspecified atom stereocenters. The molecule has 2 heteroatoms. The molecule has 2 saturated carbocycles. The zero-order chi connectivity index (χ0) is 19.6. The van der Waals surface area contributed by atoms with Gasteiger partial charge in [0.1, 0.15) is 5.75 Å². The van der Waals surface area contributed by atoms with E-state index in [2.05, 4.69) is 31.2 Å². The lowest BCUT2D eigenvalue weighted by molar-refractivity contribution is 0.245. The first-order chi connectivity index (χ1) is 13.8. The van der Waals surface area contributed by atoms with E-state index in [1.807, 2.05) is 0 Å². The van der Waals surface area contributed by atoms with E-state index in [1.165, 1.54) is 76.2 Å². The lowest BCUT2D eigenvalue weighted by Gasteiger charge is -2.31. The van der Waals surface area contributed by atoms with Gasteiger partial charge in [0.25, 0.3) is 0 Å². The topological polar surface area (TPSA) is 9.23 Å². The molecule has 3 rings (SSSR count). The van der Waals surface area contributed by atoms with Crippen molar-refractivity contribution in [1.82, 2.24) is 0 Å². The van der Waals surface area contributed by atoms with E-state index in [9.17, 15) is 4.39 Å². The van der Waals surface area contributed by atoms with E-state index in [0.717, 1.165) is 42.9 Å². The molecular formula is C26H39FO. The van der Waals surface area contributed by atoms with Gasteiger partial charge in [-0.05, 0) is 99.2 Å². The molecule has 1 aromatic carbocycles. The number of ether oxygens (including phenoxy) is 1. The molecule has 0 heterocycles. The highest BCUT2D eigenvalue weighted by Gasteiger charge is 2.25. The van der Waals surface area contributed by atoms with Gasteiger partial charge in [0.15, 0.2) is 0 Å². The average Bonchev–Trinajstić information content (AvgIpc) is 2.75. The summed E-state index contributed by atoms with van der Waals surface area (Å²) < 4.78 is 18.1. The van der Waals surface area contributed by atoms with Crippen LogP contribution in [0.5, 0.6) is 5.75 Å². The second kappa shape index (κ2) is 11.6. The summed E-state index contributed by atoms with van der Waals surface area (Å²) in [6.07, 6.45) is 18.1. The molecule has 0 amide bonds. The molecule has 0 radical (unpaired) electrons. The van der Waals surface area contributed by atoms with Gasteiger partial charge in [-0.3, -0.25) is 0 Å². The van der Waals surface area contributed by atoms with Crippen LogP contribution in [0.25, 0.3) is 0 Å². The van der Waals surface area contributed by atoms with E-state index in [-0.39, 0.29) is 0 Å². The maximum absolute atomic E-state index is 12.3. The Labute approximate surface area is 171 Å². The normalized spacial score (nSPS) is 28.5. The summed E-state index contributed by atoms with van der Waals surface area (Å²) in [6, 6.07) is 8.89. The third kappa shape index (κ3) is 6.64. The predicted octanol–water partition coefficient (Wildman–Crippen LogP) is 8.21. The maximum Gasteiger partial charge on any atom is 0.119 e. The number of hydrogen-bond donors (Lipinski definition) is 0. The molecule has 0 bridgehead atoms. The van der Waals surface area contributed by atoms with E-state index in [1.54, 1.807) is 6.08 Å². The fourth-order valence-corrected chi connectivity index (χ4v) is 5.20. The van der Waals surface area contributed by atoms with E-state index in [4.69, 9.17) is 4.74 Å². The molecule has 1 nitrogen and oxygen atoms in total. The number of unbranched alkanes of at least 4 members (excludes halogenated alkanes) is 1. The van der Waals surface area contributed by atoms with Gasteiger partial charge in [0.2, 0.25) is 0 Å². The maximum atomic E-state index is 12.3. The molecule has 2 aliphatic rings. The minimum atomic E-state index is 0.500. The second-order valence-electron chi connectivity index (χ2n) is 9.17. The Kier molecular flexibility index (Phi) is 8.89. The predicted molar refractivity (Wildman–Crippen MR) is 116 cm³/mol. The minimum absolute atomic E-state index is 0.500. The van der Waals surface area contributed by atoms with Crippen molar-refractivity contribution in [1.29, 1.82) is 0 Å². The first-order valence-corrected chi connectivity index (χ1v) is 11.8. The quantitative estimate of drug-likeness (QED) is 0.388. The highest BCUT2D eigenvalue weighted by atomic mass is 19.1. The van der Waals surface area contributed by atoms with Crippen LogP contribution in [0.3, 0.4) is 0 Å². The van der Waals surface area contributed by atoms with Crippen LogP contribution in [0.15, 0.2) is 36.7 Å². The fourth-order valence-electron chi connectivity index (χ4n) is 5.20. The van der Waals surface area contributed by atoms with Crippen molar-refractivity contribution in [3.8, 4) is 5.75 Å². The number of rotatable bonds is 9. The van der Waals surface area contributed by atoms with E-state index >= 15 is 0 Å². The molecule has 2 aliphatic carbocycles. The summed E-state index contributed by atoms with van der Waals surface area (Å²) in [4.78, 5) is 0. The molecule has 0 saturated heterocycles. The van der Waals surface area contributed by atoms with Crippen molar-refractivity contribution in [2.45, 2.75) is 89.9 Å². The van der Waals surface area contributed by atoms with Gasteiger partial charge >= 0.3 is 0 Å². The third-order valence-electron chi connectivity index (χ3n) is 7.18. The summed E-state index contributed by atoms with van der Waals surface area (Å²) in [6.45, 7) is 3.02. The van der Waals surface area contributed by atoms with Crippen molar-refractivity contribution in [3.05, 3.63) is 42.2 Å². The van der Waals surface area contributed by atoms with Crippen LogP contribution in [0, 0.1) is 17.8 Å². The zero-order valence-corrected chi connectivity index (χ0v) is 17.8. The molecule has 156 valence electrons. The Bertz CT molecular complexity index is 563. The summed E-state index contributed by atoms with van der Waals surface area (Å²) in [5, 5.41) is 0. The number of allylic oxidation sites excluding steroid dienone is 1. The highest BCUT2D eigenvalue weighted by Crippen LogP contribution is 2.40. The van der Waals surface area contributed by atoms with Gasteiger partial charge < -0.3 is 4.74 Å². The van der Waals surface area contributed by atoms with Crippen molar-refractivity contribution in [2.75, 3.05) is 6.61 Å². The van der Waals surface area contributed by atoms with Crippen LogP contribution < -0.4 is 4.74 Å². The SMILES string of the molecule is CCCCOc1ccc(C2CCC(CCC3CCC(C=CF)CC3)CC2)cc1. The molecule has 0 aliphatic heterocycles. The molecular weight excluding hydrogens is 347 g/mol. The lowest BCUT2D eigenvalue weighted by atomic mass is 9.74. The van der Waals surface area contributed by atoms with E-state index in [0.29, 0.717) is 5.92 Å². The Balaban J connectivity index is 1.34. The van der Waals surface area contributed by atoms with Crippen molar-refractivity contribution < 1.29 is 9.13 Å². The molecule has 0 aromatic heterocycles. The van der Waals surface area contributed by atoms with Gasteiger partial charge in [-0.15, -0.1) is 0 Å². The summed E-state index contributed by atoms with van der Waals surface area (Å²) in [5.41, 5.74) is 1.50. The molecule has 0 atom stereocenters. The number of benzene rings is 1. The monoisotopic (exact) mass is 386 g/mol. The van der Waals surface area contributed by atoms with Crippen LogP contribution in [0.1, 0.15) is 95.5 Å². The molecule has 28 heavy (non-hydrogen) atoms.